The molecule has 0 saturated heterocycles. The second-order valence-corrected chi connectivity index (χ2v) is 6.91. The summed E-state index contributed by atoms with van der Waals surface area (Å²) in [6, 6.07) is 10.1. The molecule has 0 radical (unpaired) electrons. The molecule has 0 aliphatic carbocycles. The van der Waals surface area contributed by atoms with Crippen LogP contribution in [-0.2, 0) is 17.9 Å². The maximum Gasteiger partial charge on any atom is 0.222 e. The molecule has 0 spiro atoms. The van der Waals surface area contributed by atoms with Crippen LogP contribution in [0.5, 0.6) is 0 Å². The molecule has 134 valence electrons. The lowest BCUT2D eigenvalue weighted by atomic mass is 10.1. The van der Waals surface area contributed by atoms with Crippen molar-refractivity contribution in [2.45, 2.75) is 40.3 Å². The van der Waals surface area contributed by atoms with E-state index in [1.54, 1.807) is 17.3 Å². The van der Waals surface area contributed by atoms with Crippen molar-refractivity contribution in [3.05, 3.63) is 70.1 Å². The maximum atomic E-state index is 12.4. The van der Waals surface area contributed by atoms with Crippen molar-refractivity contribution in [3.63, 3.8) is 0 Å². The highest BCUT2D eigenvalue weighted by Crippen LogP contribution is 2.26. The van der Waals surface area contributed by atoms with Crippen molar-refractivity contribution in [1.82, 2.24) is 14.9 Å². The molecular weight excluding hydrogens is 346 g/mol. The molecule has 0 aliphatic rings. The zero-order valence-corrected chi connectivity index (χ0v) is 16.0. The predicted octanol–water partition coefficient (Wildman–Crippen LogP) is 4.84. The van der Waals surface area contributed by atoms with Crippen LogP contribution in [0.25, 0.3) is 10.9 Å². The molecule has 5 heteroatoms. The summed E-state index contributed by atoms with van der Waals surface area (Å²) in [5.41, 5.74) is 5.04. The third kappa shape index (κ3) is 4.02. The molecule has 1 aromatic carbocycles. The highest BCUT2D eigenvalue weighted by atomic mass is 35.5. The van der Waals surface area contributed by atoms with Gasteiger partial charge in [0.1, 0.15) is 5.15 Å². The quantitative estimate of drug-likeness (QED) is 0.606. The van der Waals surface area contributed by atoms with Gasteiger partial charge in [-0.25, -0.2) is 4.98 Å². The Labute approximate surface area is 158 Å². The van der Waals surface area contributed by atoms with Crippen molar-refractivity contribution in [2.24, 2.45) is 0 Å². The molecule has 0 bridgehead atoms. The molecule has 3 rings (SSSR count). The Balaban J connectivity index is 1.95. The highest BCUT2D eigenvalue weighted by molar-refractivity contribution is 6.30. The minimum Gasteiger partial charge on any atom is -0.334 e. The smallest absolute Gasteiger partial charge is 0.222 e. The van der Waals surface area contributed by atoms with Crippen LogP contribution < -0.4 is 0 Å². The number of carbonyl (C=O) groups is 1. The number of aromatic nitrogens is 2. The summed E-state index contributed by atoms with van der Waals surface area (Å²) >= 11 is 6.45. The van der Waals surface area contributed by atoms with E-state index in [-0.39, 0.29) is 5.91 Å². The summed E-state index contributed by atoms with van der Waals surface area (Å²) in [5.74, 6) is 0.0745. The average molecular weight is 368 g/mol. The molecule has 0 saturated carbocycles. The molecule has 0 atom stereocenters. The first-order valence-corrected chi connectivity index (χ1v) is 9.08. The topological polar surface area (TPSA) is 46.1 Å². The Bertz CT molecular complexity index is 941. The molecule has 2 heterocycles. The second kappa shape index (κ2) is 7.83. The number of halogens is 1. The predicted molar refractivity (Wildman–Crippen MR) is 105 cm³/mol. The fourth-order valence-corrected chi connectivity index (χ4v) is 3.36. The first-order chi connectivity index (χ1) is 12.5. The molecule has 26 heavy (non-hydrogen) atoms. The van der Waals surface area contributed by atoms with Crippen LogP contribution in [0, 0.1) is 13.8 Å². The first-order valence-electron chi connectivity index (χ1n) is 8.71. The molecule has 2 aromatic heterocycles. The van der Waals surface area contributed by atoms with Gasteiger partial charge in [-0.1, -0.05) is 36.2 Å². The normalized spacial score (nSPS) is 10.9. The van der Waals surface area contributed by atoms with Crippen molar-refractivity contribution in [1.29, 1.82) is 0 Å². The largest absolute Gasteiger partial charge is 0.334 e. The lowest BCUT2D eigenvalue weighted by molar-refractivity contribution is -0.132. The van der Waals surface area contributed by atoms with Gasteiger partial charge >= 0.3 is 0 Å². The van der Waals surface area contributed by atoms with Gasteiger partial charge < -0.3 is 4.90 Å². The summed E-state index contributed by atoms with van der Waals surface area (Å²) in [6.45, 7) is 6.90. The zero-order chi connectivity index (χ0) is 18.7. The third-order valence-electron chi connectivity index (χ3n) is 4.39. The van der Waals surface area contributed by atoms with Gasteiger partial charge in [0.05, 0.1) is 5.52 Å². The average Bonchev–Trinajstić information content (AvgIpc) is 2.62. The molecule has 0 aliphatic heterocycles. The Morgan fingerprint density at radius 3 is 2.69 bits per heavy atom. The van der Waals surface area contributed by atoms with Crippen molar-refractivity contribution < 1.29 is 4.79 Å². The van der Waals surface area contributed by atoms with Crippen LogP contribution >= 0.6 is 11.6 Å². The minimum absolute atomic E-state index is 0.0745. The Kier molecular flexibility index (Phi) is 5.52. The Morgan fingerprint density at radius 2 is 2.00 bits per heavy atom. The second-order valence-electron chi connectivity index (χ2n) is 6.56. The van der Waals surface area contributed by atoms with Crippen LogP contribution in [-0.4, -0.2) is 20.8 Å². The monoisotopic (exact) mass is 367 g/mol. The molecule has 0 fully saturated rings. The number of rotatable bonds is 5. The lowest BCUT2D eigenvalue weighted by Gasteiger charge is -2.23. The lowest BCUT2D eigenvalue weighted by Crippen LogP contribution is -2.29. The van der Waals surface area contributed by atoms with Gasteiger partial charge in [0.25, 0.3) is 0 Å². The van der Waals surface area contributed by atoms with E-state index in [1.807, 2.05) is 32.0 Å². The molecule has 3 aromatic rings. The Hall–Kier alpha value is -2.46. The number of carbonyl (C=O) groups excluding carboxylic acids is 1. The summed E-state index contributed by atoms with van der Waals surface area (Å²) in [6.07, 6.45) is 3.95. The Morgan fingerprint density at radius 1 is 1.19 bits per heavy atom. The molecule has 0 N–H and O–H groups in total. The van der Waals surface area contributed by atoms with Crippen LogP contribution in [0.2, 0.25) is 5.15 Å². The van der Waals surface area contributed by atoms with E-state index in [0.717, 1.165) is 27.6 Å². The van der Waals surface area contributed by atoms with Crippen molar-refractivity contribution in [3.8, 4) is 0 Å². The van der Waals surface area contributed by atoms with Gasteiger partial charge in [0, 0.05) is 42.9 Å². The van der Waals surface area contributed by atoms with Crippen LogP contribution in [0.15, 0.2) is 42.7 Å². The van der Waals surface area contributed by atoms with Crippen LogP contribution in [0.1, 0.15) is 35.6 Å². The van der Waals surface area contributed by atoms with E-state index in [1.165, 1.54) is 5.56 Å². The van der Waals surface area contributed by atoms with E-state index in [9.17, 15) is 4.79 Å². The van der Waals surface area contributed by atoms with Gasteiger partial charge in [-0.3, -0.25) is 9.78 Å². The van der Waals surface area contributed by atoms with E-state index >= 15 is 0 Å². The van der Waals surface area contributed by atoms with E-state index in [4.69, 9.17) is 11.6 Å². The van der Waals surface area contributed by atoms with Gasteiger partial charge in [0.2, 0.25) is 5.91 Å². The zero-order valence-electron chi connectivity index (χ0n) is 15.3. The number of amides is 1. The molecule has 0 unspecified atom stereocenters. The number of hydrogen-bond acceptors (Lipinski definition) is 3. The number of fused-ring (bicyclic) bond motifs is 1. The van der Waals surface area contributed by atoms with E-state index in [2.05, 4.69) is 29.0 Å². The molecular formula is C21H22ClN3O. The number of benzene rings is 1. The minimum atomic E-state index is 0.0745. The number of nitrogens with zero attached hydrogens (tertiary/aromatic N) is 3. The fourth-order valence-electron chi connectivity index (χ4n) is 3.16. The third-order valence-corrected chi connectivity index (χ3v) is 4.72. The van der Waals surface area contributed by atoms with Gasteiger partial charge in [-0.2, -0.15) is 0 Å². The van der Waals surface area contributed by atoms with Crippen molar-refractivity contribution in [2.75, 3.05) is 0 Å². The molecule has 1 amide bonds. The van der Waals surface area contributed by atoms with Crippen LogP contribution in [0.4, 0.5) is 0 Å². The van der Waals surface area contributed by atoms with Gasteiger partial charge in [0.15, 0.2) is 0 Å². The van der Waals surface area contributed by atoms with Crippen molar-refractivity contribution >= 4 is 28.4 Å². The SMILES string of the molecule is CCC(=O)N(Cc1cccnc1)Cc1cc2cc(C)cc(C)c2nc1Cl. The number of aryl methyl sites for hydroxylation is 2. The first kappa shape index (κ1) is 18.3. The van der Waals surface area contributed by atoms with Gasteiger partial charge in [-0.05, 0) is 43.2 Å². The standard InChI is InChI=1S/C21H22ClN3O/c1-4-19(26)25(12-16-6-5-7-23-11-16)13-18-10-17-9-14(2)8-15(3)20(17)24-21(18)22/h5-11H,4,12-13H2,1-3H3. The number of hydrogen-bond donors (Lipinski definition) is 0. The number of pyridine rings is 2. The summed E-state index contributed by atoms with van der Waals surface area (Å²) < 4.78 is 0. The maximum absolute atomic E-state index is 12.4. The van der Waals surface area contributed by atoms with E-state index < -0.39 is 0 Å². The summed E-state index contributed by atoms with van der Waals surface area (Å²) in [4.78, 5) is 23.0. The van der Waals surface area contributed by atoms with Gasteiger partial charge in [-0.15, -0.1) is 0 Å². The summed E-state index contributed by atoms with van der Waals surface area (Å²) in [5, 5.41) is 1.50. The molecule has 4 nitrogen and oxygen atoms in total. The van der Waals surface area contributed by atoms with E-state index in [0.29, 0.717) is 24.7 Å². The highest BCUT2D eigenvalue weighted by Gasteiger charge is 2.16. The summed E-state index contributed by atoms with van der Waals surface area (Å²) in [7, 11) is 0. The van der Waals surface area contributed by atoms with Crippen LogP contribution in [0.3, 0.4) is 0 Å². The fraction of sp³-hybridized carbons (Fsp3) is 0.286.